The number of benzene rings is 4. The molecular formula is C49H58N4O7. The Morgan fingerprint density at radius 1 is 0.600 bits per heavy atom. The number of ether oxygens (including phenoxy) is 3. The number of anilines is 2. The Kier molecular flexibility index (Phi) is 14.2. The second-order valence-electron chi connectivity index (χ2n) is 17.5. The summed E-state index contributed by atoms with van der Waals surface area (Å²) in [4.78, 5) is 57.0. The number of hydrogen-bond donors (Lipinski definition) is 2. The summed E-state index contributed by atoms with van der Waals surface area (Å²) in [5.41, 5.74) is 4.18. The van der Waals surface area contributed by atoms with E-state index >= 15 is 0 Å². The van der Waals surface area contributed by atoms with Crippen LogP contribution < -0.4 is 10.6 Å². The fourth-order valence-corrected chi connectivity index (χ4v) is 7.58. The van der Waals surface area contributed by atoms with Gasteiger partial charge in [-0.25, -0.2) is 4.79 Å². The monoisotopic (exact) mass is 814 g/mol. The fraction of sp³-hybridized carbons (Fsp3) is 0.388. The summed E-state index contributed by atoms with van der Waals surface area (Å²) in [6.07, 6.45) is 4.52. The van der Waals surface area contributed by atoms with Gasteiger partial charge in [0.1, 0.15) is 18.7 Å². The minimum absolute atomic E-state index is 0.0630. The lowest BCUT2D eigenvalue weighted by atomic mass is 10.1. The highest BCUT2D eigenvalue weighted by atomic mass is 16.6. The Hall–Kier alpha value is -5.78. The van der Waals surface area contributed by atoms with Crippen molar-refractivity contribution in [2.45, 2.75) is 109 Å². The average Bonchev–Trinajstić information content (AvgIpc) is 3.83. The first-order chi connectivity index (χ1) is 28.6. The highest BCUT2D eigenvalue weighted by Crippen LogP contribution is 2.29. The standard InChI is InChI=1S/C49H58N4O7/c1-48(2,3)59-40-29-42(52(31-40)44(54)28-23-34-13-9-7-10-14-34)45(55)50-38-24-19-35(20-25-38)17-18-36-21-26-39(27-22-36)51-46(56)43-30-41(60-49(4,5)6)32-53(43)47(57)58-33-37-15-11-8-12-16-37/h7-22,24-27,40-43H,23,28-33H2,1-6H3,(H,50,55)(H,51,56)/b18-17+/t40-,41-,42+,43+/m1/s1. The van der Waals surface area contributed by atoms with Gasteiger partial charge in [-0.3, -0.25) is 19.3 Å². The topological polar surface area (TPSA) is 127 Å². The first kappa shape index (κ1) is 43.8. The van der Waals surface area contributed by atoms with Gasteiger partial charge in [0.15, 0.2) is 0 Å². The molecule has 2 heterocycles. The Bertz CT molecular complexity index is 1940. The first-order valence-corrected chi connectivity index (χ1v) is 20.7. The van der Waals surface area contributed by atoms with Crippen molar-refractivity contribution >= 4 is 47.3 Å². The van der Waals surface area contributed by atoms with Crippen molar-refractivity contribution in [3.05, 3.63) is 131 Å². The van der Waals surface area contributed by atoms with Gasteiger partial charge >= 0.3 is 6.09 Å². The van der Waals surface area contributed by atoms with Crippen LogP contribution in [0.4, 0.5) is 16.2 Å². The molecule has 60 heavy (non-hydrogen) atoms. The summed E-state index contributed by atoms with van der Waals surface area (Å²) in [5.74, 6) is -0.609. The van der Waals surface area contributed by atoms with Crippen molar-refractivity contribution in [1.29, 1.82) is 0 Å². The third-order valence-corrected chi connectivity index (χ3v) is 10.2. The number of nitrogens with zero attached hydrogens (tertiary/aromatic N) is 2. The highest BCUT2D eigenvalue weighted by molar-refractivity contribution is 5.98. The van der Waals surface area contributed by atoms with Crippen LogP contribution in [0, 0.1) is 0 Å². The van der Waals surface area contributed by atoms with E-state index in [9.17, 15) is 19.2 Å². The zero-order valence-corrected chi connectivity index (χ0v) is 35.6. The molecule has 2 aliphatic rings. The number of carbonyl (C=O) groups is 4. The Labute approximate surface area is 354 Å². The lowest BCUT2D eigenvalue weighted by Crippen LogP contribution is -2.43. The smallest absolute Gasteiger partial charge is 0.410 e. The fourth-order valence-electron chi connectivity index (χ4n) is 7.58. The molecular weight excluding hydrogens is 757 g/mol. The van der Waals surface area contributed by atoms with Gasteiger partial charge in [-0.1, -0.05) is 97.1 Å². The number of amides is 4. The number of nitrogens with one attached hydrogen (secondary N) is 2. The van der Waals surface area contributed by atoms with Crippen LogP contribution in [0.3, 0.4) is 0 Å². The SMILES string of the molecule is CC(C)(C)O[C@@H]1C[C@@H](C(=O)Nc2ccc(/C=C/c3ccc(NC(=O)[C@@H]4C[C@@H](OC(C)(C)C)CN4C(=O)OCc4ccccc4)cc3)cc2)N(C(=O)CCc2ccccc2)C1. The third-order valence-electron chi connectivity index (χ3n) is 10.2. The minimum Gasteiger partial charge on any atom is -0.445 e. The van der Waals surface area contributed by atoms with Crippen LogP contribution >= 0.6 is 0 Å². The second-order valence-corrected chi connectivity index (χ2v) is 17.5. The summed E-state index contributed by atoms with van der Waals surface area (Å²) in [6.45, 7) is 12.5. The van der Waals surface area contributed by atoms with E-state index in [1.807, 2.05) is 163 Å². The lowest BCUT2D eigenvalue weighted by molar-refractivity contribution is -0.137. The minimum atomic E-state index is -0.753. The van der Waals surface area contributed by atoms with Crippen molar-refractivity contribution in [1.82, 2.24) is 9.80 Å². The molecule has 0 saturated carbocycles. The highest BCUT2D eigenvalue weighted by Gasteiger charge is 2.43. The normalized spacial score (nSPS) is 19.4. The molecule has 316 valence electrons. The van der Waals surface area contributed by atoms with E-state index in [0.29, 0.717) is 43.6 Å². The number of likely N-dealkylation sites (tertiary alicyclic amines) is 2. The molecule has 0 aliphatic carbocycles. The molecule has 2 fully saturated rings. The molecule has 4 amide bonds. The third kappa shape index (κ3) is 12.9. The van der Waals surface area contributed by atoms with E-state index in [2.05, 4.69) is 10.6 Å². The number of aryl methyl sites for hydroxylation is 1. The van der Waals surface area contributed by atoms with Gasteiger partial charge in [-0.2, -0.15) is 0 Å². The van der Waals surface area contributed by atoms with E-state index < -0.39 is 29.4 Å². The molecule has 11 heteroatoms. The van der Waals surface area contributed by atoms with Gasteiger partial charge in [0, 0.05) is 37.2 Å². The summed E-state index contributed by atoms with van der Waals surface area (Å²) in [5, 5.41) is 5.99. The Balaban J connectivity index is 1.03. The first-order valence-electron chi connectivity index (χ1n) is 20.7. The van der Waals surface area contributed by atoms with Crippen LogP contribution in [0.2, 0.25) is 0 Å². The number of hydrogen-bond acceptors (Lipinski definition) is 7. The molecule has 11 nitrogen and oxygen atoms in total. The lowest BCUT2D eigenvalue weighted by Gasteiger charge is -2.25. The maximum absolute atomic E-state index is 13.6. The summed E-state index contributed by atoms with van der Waals surface area (Å²) in [7, 11) is 0. The van der Waals surface area contributed by atoms with Gasteiger partial charge in [-0.15, -0.1) is 0 Å². The number of rotatable bonds is 13. The maximum atomic E-state index is 13.6. The quantitative estimate of drug-likeness (QED) is 0.129. The van der Waals surface area contributed by atoms with Crippen LogP contribution in [-0.2, 0) is 41.6 Å². The van der Waals surface area contributed by atoms with Crippen LogP contribution in [-0.4, -0.2) is 82.2 Å². The molecule has 2 N–H and O–H groups in total. The molecule has 2 aliphatic heterocycles. The zero-order valence-electron chi connectivity index (χ0n) is 35.6. The molecule has 4 aromatic carbocycles. The maximum Gasteiger partial charge on any atom is 0.410 e. The Morgan fingerprint density at radius 2 is 1.03 bits per heavy atom. The zero-order chi connectivity index (χ0) is 42.9. The van der Waals surface area contributed by atoms with Crippen molar-refractivity contribution in [3.63, 3.8) is 0 Å². The van der Waals surface area contributed by atoms with Crippen molar-refractivity contribution in [3.8, 4) is 0 Å². The van der Waals surface area contributed by atoms with E-state index in [1.54, 1.807) is 4.90 Å². The van der Waals surface area contributed by atoms with Gasteiger partial charge in [0.05, 0.1) is 30.0 Å². The molecule has 0 unspecified atom stereocenters. The molecule has 0 bridgehead atoms. The van der Waals surface area contributed by atoms with Crippen LogP contribution in [0.1, 0.15) is 83.1 Å². The molecule has 4 aromatic rings. The molecule has 4 atom stereocenters. The van der Waals surface area contributed by atoms with E-state index in [1.165, 1.54) is 4.90 Å². The van der Waals surface area contributed by atoms with Gasteiger partial charge in [-0.05, 0) is 94.5 Å². The van der Waals surface area contributed by atoms with E-state index in [0.717, 1.165) is 22.3 Å². The largest absolute Gasteiger partial charge is 0.445 e. The van der Waals surface area contributed by atoms with E-state index in [4.69, 9.17) is 14.2 Å². The second kappa shape index (κ2) is 19.5. The Morgan fingerprint density at radius 3 is 1.50 bits per heavy atom. The number of carbonyl (C=O) groups excluding carboxylic acids is 4. The van der Waals surface area contributed by atoms with Crippen LogP contribution in [0.5, 0.6) is 0 Å². The van der Waals surface area contributed by atoms with Crippen LogP contribution in [0.25, 0.3) is 12.2 Å². The van der Waals surface area contributed by atoms with E-state index in [-0.39, 0.29) is 43.1 Å². The van der Waals surface area contributed by atoms with Gasteiger partial charge < -0.3 is 29.7 Å². The molecule has 2 saturated heterocycles. The molecule has 0 aromatic heterocycles. The van der Waals surface area contributed by atoms with Gasteiger partial charge in [0.25, 0.3) is 0 Å². The van der Waals surface area contributed by atoms with Crippen molar-refractivity contribution in [2.75, 3.05) is 23.7 Å². The van der Waals surface area contributed by atoms with Crippen LogP contribution in [0.15, 0.2) is 109 Å². The predicted octanol–water partition coefficient (Wildman–Crippen LogP) is 8.75. The van der Waals surface area contributed by atoms with Gasteiger partial charge in [0.2, 0.25) is 17.7 Å². The molecule has 0 radical (unpaired) electrons. The van der Waals surface area contributed by atoms with Crippen molar-refractivity contribution in [2.24, 2.45) is 0 Å². The summed E-state index contributed by atoms with van der Waals surface area (Å²) < 4.78 is 18.0. The molecule has 0 spiro atoms. The molecule has 6 rings (SSSR count). The van der Waals surface area contributed by atoms with Crippen molar-refractivity contribution < 1.29 is 33.4 Å². The average molecular weight is 815 g/mol. The predicted molar refractivity (Wildman–Crippen MR) is 235 cm³/mol. The summed E-state index contributed by atoms with van der Waals surface area (Å²) in [6, 6.07) is 32.9. The summed E-state index contributed by atoms with van der Waals surface area (Å²) >= 11 is 0.